The molecule has 0 atom stereocenters. The standard InChI is InChI=1S/C16H20N2O4S2/c1-21-12-9-13(22-2)11-14(10-12)24(19,20)18-16(5-3-4-6-16)15-17-7-8-23-15/h7-11,18H,3-6H2,1-2H3. The van der Waals surface area contributed by atoms with Crippen LogP contribution < -0.4 is 14.2 Å². The molecule has 1 aliphatic rings. The summed E-state index contributed by atoms with van der Waals surface area (Å²) in [7, 11) is -0.751. The second kappa shape index (κ2) is 6.70. The Morgan fingerprint density at radius 2 is 1.75 bits per heavy atom. The third-order valence-corrected chi connectivity index (χ3v) is 6.76. The van der Waals surface area contributed by atoms with E-state index in [1.165, 1.54) is 37.7 Å². The van der Waals surface area contributed by atoms with Crippen molar-refractivity contribution in [3.8, 4) is 11.5 Å². The summed E-state index contributed by atoms with van der Waals surface area (Å²) in [5.74, 6) is 0.869. The summed E-state index contributed by atoms with van der Waals surface area (Å²) in [6, 6.07) is 4.63. The Labute approximate surface area is 145 Å². The van der Waals surface area contributed by atoms with E-state index < -0.39 is 15.6 Å². The summed E-state index contributed by atoms with van der Waals surface area (Å²) in [6.45, 7) is 0. The molecule has 3 rings (SSSR count). The second-order valence-electron chi connectivity index (χ2n) is 5.78. The van der Waals surface area contributed by atoms with Gasteiger partial charge >= 0.3 is 0 Å². The molecular weight excluding hydrogens is 348 g/mol. The van der Waals surface area contributed by atoms with Crippen LogP contribution in [0.5, 0.6) is 11.5 Å². The SMILES string of the molecule is COc1cc(OC)cc(S(=O)(=O)NC2(c3nccs3)CCCC2)c1. The van der Waals surface area contributed by atoms with Gasteiger partial charge in [0.1, 0.15) is 16.5 Å². The maximum absolute atomic E-state index is 13.0. The van der Waals surface area contributed by atoms with Crippen LogP contribution in [0.3, 0.4) is 0 Å². The highest BCUT2D eigenvalue weighted by Crippen LogP contribution is 2.41. The molecule has 0 unspecified atom stereocenters. The summed E-state index contributed by atoms with van der Waals surface area (Å²) in [6.07, 6.45) is 5.16. The van der Waals surface area contributed by atoms with E-state index in [1.54, 1.807) is 12.3 Å². The van der Waals surface area contributed by atoms with Crippen molar-refractivity contribution in [2.45, 2.75) is 36.1 Å². The van der Waals surface area contributed by atoms with Crippen molar-refractivity contribution in [1.82, 2.24) is 9.71 Å². The molecular formula is C16H20N2O4S2. The van der Waals surface area contributed by atoms with Gasteiger partial charge in [-0.25, -0.2) is 13.4 Å². The lowest BCUT2D eigenvalue weighted by Gasteiger charge is -2.28. The summed E-state index contributed by atoms with van der Waals surface area (Å²) >= 11 is 1.48. The van der Waals surface area contributed by atoms with Gasteiger partial charge in [-0.3, -0.25) is 0 Å². The van der Waals surface area contributed by atoms with Crippen LogP contribution in [-0.4, -0.2) is 27.6 Å². The molecule has 0 amide bonds. The van der Waals surface area contributed by atoms with Gasteiger partial charge in [-0.1, -0.05) is 12.8 Å². The predicted molar refractivity (Wildman–Crippen MR) is 92.1 cm³/mol. The van der Waals surface area contributed by atoms with Crippen molar-refractivity contribution in [3.63, 3.8) is 0 Å². The van der Waals surface area contributed by atoms with E-state index in [2.05, 4.69) is 9.71 Å². The first-order chi connectivity index (χ1) is 11.5. The van der Waals surface area contributed by atoms with Gasteiger partial charge in [0.15, 0.2) is 0 Å². The number of hydrogen-bond acceptors (Lipinski definition) is 6. The predicted octanol–water partition coefficient (Wildman–Crippen LogP) is 2.91. The molecule has 1 aromatic heterocycles. The Kier molecular flexibility index (Phi) is 4.80. The van der Waals surface area contributed by atoms with Gasteiger partial charge in [0.2, 0.25) is 10.0 Å². The van der Waals surface area contributed by atoms with Crippen LogP contribution in [0.25, 0.3) is 0 Å². The molecule has 0 spiro atoms. The van der Waals surface area contributed by atoms with E-state index in [4.69, 9.17) is 9.47 Å². The molecule has 0 aliphatic heterocycles. The first-order valence-corrected chi connectivity index (χ1v) is 10.0. The third-order valence-electron chi connectivity index (χ3n) is 4.26. The van der Waals surface area contributed by atoms with Crippen LogP contribution in [0.2, 0.25) is 0 Å². The lowest BCUT2D eigenvalue weighted by Crippen LogP contribution is -2.43. The zero-order valence-electron chi connectivity index (χ0n) is 13.6. The van der Waals surface area contributed by atoms with Crippen LogP contribution in [0.4, 0.5) is 0 Å². The van der Waals surface area contributed by atoms with Crippen LogP contribution in [0, 0.1) is 0 Å². The number of ether oxygens (including phenoxy) is 2. The van der Waals surface area contributed by atoms with Crippen LogP contribution >= 0.6 is 11.3 Å². The van der Waals surface area contributed by atoms with Crippen molar-refractivity contribution >= 4 is 21.4 Å². The molecule has 0 saturated heterocycles. The minimum Gasteiger partial charge on any atom is -0.497 e. The molecule has 0 radical (unpaired) electrons. The topological polar surface area (TPSA) is 77.5 Å². The number of sulfonamides is 1. The van der Waals surface area contributed by atoms with Crippen molar-refractivity contribution < 1.29 is 17.9 Å². The van der Waals surface area contributed by atoms with Crippen LogP contribution in [0.15, 0.2) is 34.7 Å². The summed E-state index contributed by atoms with van der Waals surface area (Å²) in [4.78, 5) is 4.48. The van der Waals surface area contributed by atoms with E-state index in [0.29, 0.717) is 11.5 Å². The molecule has 130 valence electrons. The van der Waals surface area contributed by atoms with E-state index in [-0.39, 0.29) is 4.90 Å². The first kappa shape index (κ1) is 17.2. The first-order valence-electron chi connectivity index (χ1n) is 7.66. The summed E-state index contributed by atoms with van der Waals surface area (Å²) in [5, 5.41) is 2.69. The molecule has 1 saturated carbocycles. The zero-order valence-corrected chi connectivity index (χ0v) is 15.2. The molecule has 0 bridgehead atoms. The second-order valence-corrected chi connectivity index (χ2v) is 8.36. The van der Waals surface area contributed by atoms with E-state index in [1.807, 2.05) is 5.38 Å². The lowest BCUT2D eigenvalue weighted by atomic mass is 10.0. The highest BCUT2D eigenvalue weighted by atomic mass is 32.2. The Balaban J connectivity index is 1.99. The highest BCUT2D eigenvalue weighted by molar-refractivity contribution is 7.89. The molecule has 1 heterocycles. The fourth-order valence-corrected chi connectivity index (χ4v) is 5.44. The van der Waals surface area contributed by atoms with Crippen molar-refractivity contribution in [2.24, 2.45) is 0 Å². The molecule has 1 aromatic carbocycles. The number of thiazole rings is 1. The zero-order chi connectivity index (χ0) is 17.2. The maximum atomic E-state index is 13.0. The molecule has 24 heavy (non-hydrogen) atoms. The minimum atomic E-state index is -3.74. The fourth-order valence-electron chi connectivity index (χ4n) is 3.05. The summed E-state index contributed by atoms with van der Waals surface area (Å²) < 4.78 is 39.2. The number of nitrogens with zero attached hydrogens (tertiary/aromatic N) is 1. The van der Waals surface area contributed by atoms with Crippen LogP contribution in [0.1, 0.15) is 30.7 Å². The van der Waals surface area contributed by atoms with Crippen LogP contribution in [-0.2, 0) is 15.6 Å². The number of methoxy groups -OCH3 is 2. The molecule has 1 N–H and O–H groups in total. The van der Waals surface area contributed by atoms with Gasteiger partial charge in [-0.05, 0) is 12.8 Å². The smallest absolute Gasteiger partial charge is 0.241 e. The quantitative estimate of drug-likeness (QED) is 0.848. The number of rotatable bonds is 6. The average molecular weight is 368 g/mol. The highest BCUT2D eigenvalue weighted by Gasteiger charge is 2.41. The third kappa shape index (κ3) is 3.26. The normalized spacial score (nSPS) is 16.9. The van der Waals surface area contributed by atoms with Gasteiger partial charge in [0.25, 0.3) is 0 Å². The molecule has 2 aromatic rings. The van der Waals surface area contributed by atoms with E-state index in [9.17, 15) is 8.42 Å². The minimum absolute atomic E-state index is 0.126. The number of benzene rings is 1. The number of nitrogens with one attached hydrogen (secondary N) is 1. The van der Waals surface area contributed by atoms with Gasteiger partial charge in [-0.15, -0.1) is 11.3 Å². The Hall–Kier alpha value is -1.64. The summed E-state index contributed by atoms with van der Waals surface area (Å²) in [5.41, 5.74) is -0.622. The molecule has 8 heteroatoms. The van der Waals surface area contributed by atoms with Gasteiger partial charge in [0, 0.05) is 29.8 Å². The van der Waals surface area contributed by atoms with Crippen molar-refractivity contribution in [1.29, 1.82) is 0 Å². The Morgan fingerprint density at radius 3 is 2.25 bits per heavy atom. The number of hydrogen-bond donors (Lipinski definition) is 1. The number of aromatic nitrogens is 1. The maximum Gasteiger partial charge on any atom is 0.241 e. The monoisotopic (exact) mass is 368 g/mol. The van der Waals surface area contributed by atoms with Crippen molar-refractivity contribution in [3.05, 3.63) is 34.8 Å². The average Bonchev–Trinajstić information content (AvgIpc) is 3.26. The van der Waals surface area contributed by atoms with E-state index >= 15 is 0 Å². The van der Waals surface area contributed by atoms with Gasteiger partial charge in [-0.2, -0.15) is 4.72 Å². The Morgan fingerprint density at radius 1 is 1.12 bits per heavy atom. The van der Waals surface area contributed by atoms with Crippen molar-refractivity contribution in [2.75, 3.05) is 14.2 Å². The van der Waals surface area contributed by atoms with Gasteiger partial charge in [0.05, 0.1) is 24.7 Å². The molecule has 1 aliphatic carbocycles. The fraction of sp³-hybridized carbons (Fsp3) is 0.438. The van der Waals surface area contributed by atoms with Gasteiger partial charge < -0.3 is 9.47 Å². The largest absolute Gasteiger partial charge is 0.497 e. The lowest BCUT2D eigenvalue weighted by molar-refractivity contribution is 0.389. The molecule has 1 fully saturated rings. The Bertz CT molecular complexity index is 775. The van der Waals surface area contributed by atoms with E-state index in [0.717, 1.165) is 30.7 Å². The molecule has 6 nitrogen and oxygen atoms in total.